The van der Waals surface area contributed by atoms with Crippen molar-refractivity contribution in [3.63, 3.8) is 0 Å². The summed E-state index contributed by atoms with van der Waals surface area (Å²) in [7, 11) is 0. The highest BCUT2D eigenvalue weighted by Crippen LogP contribution is 2.28. The quantitative estimate of drug-likeness (QED) is 0.490. The monoisotopic (exact) mass is 454 g/mol. The van der Waals surface area contributed by atoms with Gasteiger partial charge < -0.3 is 9.64 Å². The van der Waals surface area contributed by atoms with Crippen LogP contribution in [0.25, 0.3) is 0 Å². The van der Waals surface area contributed by atoms with Gasteiger partial charge in [-0.15, -0.1) is 0 Å². The highest BCUT2D eigenvalue weighted by atomic mass is 35.5. The molecule has 0 unspecified atom stereocenters. The molecule has 0 bridgehead atoms. The van der Waals surface area contributed by atoms with E-state index in [9.17, 15) is 4.79 Å². The molecule has 31 heavy (non-hydrogen) atoms. The number of amides is 1. The summed E-state index contributed by atoms with van der Waals surface area (Å²) in [5.41, 5.74) is 2.90. The number of nitrogens with zero attached hydrogens (tertiary/aromatic N) is 2. The summed E-state index contributed by atoms with van der Waals surface area (Å²) in [5, 5.41) is 1.03. The minimum Gasteiger partial charge on any atom is -0.487 e. The Morgan fingerprint density at radius 3 is 2.32 bits per heavy atom. The zero-order valence-corrected chi connectivity index (χ0v) is 18.6. The van der Waals surface area contributed by atoms with Gasteiger partial charge in [-0.25, -0.2) is 0 Å². The summed E-state index contributed by atoms with van der Waals surface area (Å²) in [4.78, 5) is 17.3. The lowest BCUT2D eigenvalue weighted by molar-refractivity contribution is 0.0628. The summed E-state index contributed by atoms with van der Waals surface area (Å²) in [6, 6.07) is 23.2. The first-order chi connectivity index (χ1) is 15.1. The van der Waals surface area contributed by atoms with Crippen LogP contribution in [0.1, 0.15) is 21.5 Å². The molecule has 1 heterocycles. The van der Waals surface area contributed by atoms with E-state index in [1.807, 2.05) is 35.2 Å². The van der Waals surface area contributed by atoms with E-state index in [4.69, 9.17) is 27.9 Å². The van der Waals surface area contributed by atoms with Gasteiger partial charge in [0, 0.05) is 43.3 Å². The molecule has 0 saturated carbocycles. The van der Waals surface area contributed by atoms with Gasteiger partial charge in [-0.1, -0.05) is 65.7 Å². The van der Waals surface area contributed by atoms with Gasteiger partial charge in [-0.05, 0) is 41.5 Å². The van der Waals surface area contributed by atoms with Crippen molar-refractivity contribution in [2.45, 2.75) is 13.2 Å². The molecule has 0 spiro atoms. The lowest BCUT2D eigenvalue weighted by Crippen LogP contribution is -2.48. The molecule has 1 aliphatic heterocycles. The van der Waals surface area contributed by atoms with Gasteiger partial charge >= 0.3 is 0 Å². The summed E-state index contributed by atoms with van der Waals surface area (Å²) >= 11 is 12.1. The van der Waals surface area contributed by atoms with Crippen molar-refractivity contribution >= 4 is 29.1 Å². The van der Waals surface area contributed by atoms with Gasteiger partial charge in [-0.3, -0.25) is 9.69 Å². The van der Waals surface area contributed by atoms with Crippen LogP contribution in [0.15, 0.2) is 72.8 Å². The van der Waals surface area contributed by atoms with E-state index in [0.717, 1.165) is 38.3 Å². The highest BCUT2D eigenvalue weighted by molar-refractivity contribution is 6.35. The zero-order valence-electron chi connectivity index (χ0n) is 17.1. The topological polar surface area (TPSA) is 32.8 Å². The van der Waals surface area contributed by atoms with E-state index in [-0.39, 0.29) is 5.91 Å². The molecule has 0 radical (unpaired) electrons. The van der Waals surface area contributed by atoms with E-state index < -0.39 is 0 Å². The molecule has 1 saturated heterocycles. The summed E-state index contributed by atoms with van der Waals surface area (Å²) in [5.74, 6) is 0.628. The van der Waals surface area contributed by atoms with Crippen LogP contribution >= 0.6 is 23.2 Å². The average Bonchev–Trinajstić information content (AvgIpc) is 2.79. The van der Waals surface area contributed by atoms with E-state index >= 15 is 0 Å². The van der Waals surface area contributed by atoms with Crippen LogP contribution in [0.3, 0.4) is 0 Å². The number of piperazine rings is 1. The third kappa shape index (κ3) is 5.79. The minimum absolute atomic E-state index is 0.0609. The van der Waals surface area contributed by atoms with E-state index in [1.165, 1.54) is 5.56 Å². The van der Waals surface area contributed by atoms with Crippen molar-refractivity contribution in [3.8, 4) is 5.75 Å². The Labute approximate surface area is 192 Å². The van der Waals surface area contributed by atoms with Crippen molar-refractivity contribution in [1.82, 2.24) is 9.80 Å². The molecular formula is C25H24Cl2N2O2. The number of carbonyl (C=O) groups is 1. The van der Waals surface area contributed by atoms with Gasteiger partial charge in [0.05, 0.1) is 5.02 Å². The zero-order chi connectivity index (χ0) is 21.6. The van der Waals surface area contributed by atoms with Crippen molar-refractivity contribution in [1.29, 1.82) is 0 Å². The molecular weight excluding hydrogens is 431 g/mol. The van der Waals surface area contributed by atoms with Crippen LogP contribution < -0.4 is 4.74 Å². The smallest absolute Gasteiger partial charge is 0.253 e. The first kappa shape index (κ1) is 21.7. The van der Waals surface area contributed by atoms with Crippen LogP contribution in [-0.4, -0.2) is 41.9 Å². The molecule has 4 nitrogen and oxygen atoms in total. The van der Waals surface area contributed by atoms with E-state index in [0.29, 0.717) is 28.0 Å². The third-order valence-electron chi connectivity index (χ3n) is 5.37. The molecule has 6 heteroatoms. The van der Waals surface area contributed by atoms with Crippen LogP contribution in [0.5, 0.6) is 5.75 Å². The second-order valence-electron chi connectivity index (χ2n) is 7.62. The molecule has 0 atom stereocenters. The molecule has 0 N–H and O–H groups in total. The number of hydrogen-bond donors (Lipinski definition) is 0. The van der Waals surface area contributed by atoms with Crippen molar-refractivity contribution in [3.05, 3.63) is 99.5 Å². The predicted octanol–water partition coefficient (Wildman–Crippen LogP) is 5.53. The second kappa shape index (κ2) is 10.2. The normalized spacial score (nSPS) is 14.5. The molecule has 4 rings (SSSR count). The maximum absolute atomic E-state index is 13.0. The van der Waals surface area contributed by atoms with Gasteiger partial charge in [-0.2, -0.15) is 0 Å². The average molecular weight is 455 g/mol. The predicted molar refractivity (Wildman–Crippen MR) is 125 cm³/mol. The molecule has 0 aromatic heterocycles. The first-order valence-electron chi connectivity index (χ1n) is 10.3. The van der Waals surface area contributed by atoms with Gasteiger partial charge in [0.25, 0.3) is 5.91 Å². The number of rotatable bonds is 6. The standard InChI is InChI=1S/C25H24Cl2N2O2/c26-22-9-10-24(23(27)16-22)31-18-20-7-4-8-21(15-20)25(30)29-13-11-28(12-14-29)17-19-5-2-1-3-6-19/h1-10,15-16H,11-14,17-18H2. The Morgan fingerprint density at radius 2 is 1.58 bits per heavy atom. The molecule has 1 fully saturated rings. The number of ether oxygens (including phenoxy) is 1. The second-order valence-corrected chi connectivity index (χ2v) is 8.46. The maximum Gasteiger partial charge on any atom is 0.253 e. The Kier molecular flexibility index (Phi) is 7.13. The van der Waals surface area contributed by atoms with Crippen LogP contribution in [0.2, 0.25) is 10.0 Å². The number of carbonyl (C=O) groups excluding carboxylic acids is 1. The molecule has 1 amide bonds. The van der Waals surface area contributed by atoms with Crippen molar-refractivity contribution < 1.29 is 9.53 Å². The highest BCUT2D eigenvalue weighted by Gasteiger charge is 2.22. The summed E-state index contributed by atoms with van der Waals surface area (Å²) < 4.78 is 5.81. The maximum atomic E-state index is 13.0. The number of hydrogen-bond acceptors (Lipinski definition) is 3. The van der Waals surface area contributed by atoms with Crippen LogP contribution in [-0.2, 0) is 13.2 Å². The number of benzene rings is 3. The largest absolute Gasteiger partial charge is 0.487 e. The third-order valence-corrected chi connectivity index (χ3v) is 5.90. The van der Waals surface area contributed by atoms with Gasteiger partial charge in [0.1, 0.15) is 12.4 Å². The van der Waals surface area contributed by atoms with Crippen LogP contribution in [0.4, 0.5) is 0 Å². The number of halogens is 2. The van der Waals surface area contributed by atoms with Crippen molar-refractivity contribution in [2.24, 2.45) is 0 Å². The lowest BCUT2D eigenvalue weighted by atomic mass is 10.1. The van der Waals surface area contributed by atoms with E-state index in [2.05, 4.69) is 29.2 Å². The van der Waals surface area contributed by atoms with Crippen LogP contribution in [0, 0.1) is 0 Å². The van der Waals surface area contributed by atoms with Gasteiger partial charge in [0.2, 0.25) is 0 Å². The molecule has 0 aliphatic carbocycles. The fourth-order valence-corrected chi connectivity index (χ4v) is 4.14. The lowest BCUT2D eigenvalue weighted by Gasteiger charge is -2.34. The van der Waals surface area contributed by atoms with Crippen molar-refractivity contribution in [2.75, 3.05) is 26.2 Å². The fourth-order valence-electron chi connectivity index (χ4n) is 3.68. The van der Waals surface area contributed by atoms with Gasteiger partial charge in [0.15, 0.2) is 0 Å². The Balaban J connectivity index is 1.33. The Morgan fingerprint density at radius 1 is 0.839 bits per heavy atom. The fraction of sp³-hybridized carbons (Fsp3) is 0.240. The molecule has 160 valence electrons. The molecule has 1 aliphatic rings. The Hall–Kier alpha value is -2.53. The first-order valence-corrected chi connectivity index (χ1v) is 11.1. The van der Waals surface area contributed by atoms with E-state index in [1.54, 1.807) is 18.2 Å². The summed E-state index contributed by atoms with van der Waals surface area (Å²) in [6.07, 6.45) is 0. The summed E-state index contributed by atoms with van der Waals surface area (Å²) in [6.45, 7) is 4.45. The minimum atomic E-state index is 0.0609. The Bertz CT molecular complexity index is 1030. The molecule has 3 aromatic rings. The SMILES string of the molecule is O=C(c1cccc(COc2ccc(Cl)cc2Cl)c1)N1CCN(Cc2ccccc2)CC1. The molecule has 3 aromatic carbocycles.